The van der Waals surface area contributed by atoms with E-state index in [1.807, 2.05) is 12.1 Å². The molecular weight excluding hydrogens is 466 g/mol. The lowest BCUT2D eigenvalue weighted by Crippen LogP contribution is -2.53. The smallest absolute Gasteiger partial charge is 0.430 e. The highest BCUT2D eigenvalue weighted by atomic mass is 19.4. The van der Waals surface area contributed by atoms with Crippen LogP contribution in [0.1, 0.15) is 18.1 Å². The van der Waals surface area contributed by atoms with E-state index < -0.39 is 23.5 Å². The summed E-state index contributed by atoms with van der Waals surface area (Å²) in [5, 5.41) is 9.50. The first-order chi connectivity index (χ1) is 15.9. The fourth-order valence-corrected chi connectivity index (χ4v) is 3.76. The van der Waals surface area contributed by atoms with E-state index >= 15 is 0 Å². The van der Waals surface area contributed by atoms with Crippen LogP contribution in [0.3, 0.4) is 0 Å². The van der Waals surface area contributed by atoms with Gasteiger partial charge in [0.25, 0.3) is 5.60 Å². The summed E-state index contributed by atoms with van der Waals surface area (Å²) >= 11 is 0. The van der Waals surface area contributed by atoms with Gasteiger partial charge < -0.3 is 14.7 Å². The number of ether oxygens (including phenoxy) is 1. The summed E-state index contributed by atoms with van der Waals surface area (Å²) in [6.07, 6.45) is -12.2. The summed E-state index contributed by atoms with van der Waals surface area (Å²) in [7, 11) is 0. The summed E-state index contributed by atoms with van der Waals surface area (Å²) in [4.78, 5) is 15.6. The van der Waals surface area contributed by atoms with Crippen LogP contribution in [-0.4, -0.2) is 66.1 Å². The molecule has 34 heavy (non-hydrogen) atoms. The Morgan fingerprint density at radius 1 is 0.853 bits per heavy atom. The van der Waals surface area contributed by atoms with Crippen molar-refractivity contribution in [2.45, 2.75) is 31.4 Å². The highest BCUT2D eigenvalue weighted by molar-refractivity contribution is 5.67. The summed E-state index contributed by atoms with van der Waals surface area (Å²) in [6, 6.07) is 10.6. The lowest BCUT2D eigenvalue weighted by Gasteiger charge is -2.34. The number of amides is 1. The third kappa shape index (κ3) is 5.30. The molecule has 0 spiro atoms. The first kappa shape index (κ1) is 25.8. The molecule has 2 aromatic carbocycles. The van der Waals surface area contributed by atoms with E-state index in [1.54, 1.807) is 24.0 Å². The number of carbonyl (C=O) groups is 1. The molecule has 1 heterocycles. The predicted molar refractivity (Wildman–Crippen MR) is 112 cm³/mol. The van der Waals surface area contributed by atoms with Crippen LogP contribution in [0.25, 0.3) is 11.1 Å². The quantitative estimate of drug-likeness (QED) is 0.604. The van der Waals surface area contributed by atoms with E-state index in [4.69, 9.17) is 4.74 Å². The second kappa shape index (κ2) is 9.83. The lowest BCUT2D eigenvalue weighted by molar-refractivity contribution is -0.376. The normalized spacial score (nSPS) is 15.9. The van der Waals surface area contributed by atoms with E-state index in [1.165, 1.54) is 0 Å². The van der Waals surface area contributed by atoms with Crippen LogP contribution >= 0.6 is 0 Å². The van der Waals surface area contributed by atoms with Gasteiger partial charge in [-0.25, -0.2) is 4.79 Å². The molecule has 1 aliphatic heterocycles. The van der Waals surface area contributed by atoms with Gasteiger partial charge >= 0.3 is 18.4 Å². The number of rotatable bonds is 5. The number of alkyl halides is 6. The Morgan fingerprint density at radius 3 is 1.76 bits per heavy atom. The van der Waals surface area contributed by atoms with Crippen LogP contribution in [0.5, 0.6) is 0 Å². The lowest BCUT2D eigenvalue weighted by atomic mass is 9.90. The molecule has 3 rings (SSSR count). The molecule has 0 aromatic heterocycles. The van der Waals surface area contributed by atoms with Crippen LogP contribution < -0.4 is 0 Å². The molecule has 0 saturated carbocycles. The predicted octanol–water partition coefficient (Wildman–Crippen LogP) is 4.94. The van der Waals surface area contributed by atoms with Crippen molar-refractivity contribution >= 4 is 6.09 Å². The van der Waals surface area contributed by atoms with E-state index in [-0.39, 0.29) is 6.09 Å². The van der Waals surface area contributed by atoms with Gasteiger partial charge in [-0.2, -0.15) is 26.3 Å². The number of hydrogen-bond donors (Lipinski definition) is 1. The van der Waals surface area contributed by atoms with E-state index in [0.29, 0.717) is 62.6 Å². The molecule has 1 N–H and O–H groups in total. The van der Waals surface area contributed by atoms with Crippen LogP contribution in [0.2, 0.25) is 0 Å². The first-order valence-electron chi connectivity index (χ1n) is 10.6. The van der Waals surface area contributed by atoms with E-state index in [2.05, 4.69) is 4.90 Å². The average molecular weight is 490 g/mol. The number of aliphatic hydroxyl groups is 1. The standard InChI is InChI=1S/C23H24F6N2O3/c1-2-34-20(32)31-13-11-30(12-14-31)15-16-3-5-17(6-4-16)18-7-9-19(10-8-18)21(33,22(24,25)26)23(27,28)29/h3-10,33H,2,11-15H2,1H3. The SMILES string of the molecule is CCOC(=O)N1CCN(Cc2ccc(-c3ccc(C(O)(C(F)(F)F)C(F)(F)F)cc3)cc2)CC1. The topological polar surface area (TPSA) is 53.0 Å². The zero-order chi connectivity index (χ0) is 25.1. The van der Waals surface area contributed by atoms with Crippen LogP contribution in [-0.2, 0) is 16.9 Å². The number of benzene rings is 2. The molecule has 186 valence electrons. The summed E-state index contributed by atoms with van der Waals surface area (Å²) < 4.78 is 83.2. The minimum atomic E-state index is -5.92. The third-order valence-electron chi connectivity index (χ3n) is 5.71. The summed E-state index contributed by atoms with van der Waals surface area (Å²) in [5.41, 5.74) is -4.27. The molecule has 0 radical (unpaired) electrons. The van der Waals surface area contributed by atoms with Gasteiger partial charge in [-0.15, -0.1) is 0 Å². The summed E-state index contributed by atoms with van der Waals surface area (Å²) in [6.45, 7) is 5.13. The van der Waals surface area contributed by atoms with Crippen molar-refractivity contribution in [3.05, 3.63) is 59.7 Å². The average Bonchev–Trinajstić information content (AvgIpc) is 2.78. The van der Waals surface area contributed by atoms with Gasteiger partial charge in [0, 0.05) is 38.3 Å². The second-order valence-electron chi connectivity index (χ2n) is 7.94. The fourth-order valence-electron chi connectivity index (χ4n) is 3.76. The third-order valence-corrected chi connectivity index (χ3v) is 5.71. The molecule has 1 saturated heterocycles. The monoisotopic (exact) mass is 490 g/mol. The van der Waals surface area contributed by atoms with Gasteiger partial charge in [0.1, 0.15) is 0 Å². The van der Waals surface area contributed by atoms with Crippen molar-refractivity contribution in [2.75, 3.05) is 32.8 Å². The number of piperazine rings is 1. The molecule has 1 fully saturated rings. The second-order valence-corrected chi connectivity index (χ2v) is 7.94. The first-order valence-corrected chi connectivity index (χ1v) is 10.6. The highest BCUT2D eigenvalue weighted by Gasteiger charge is 2.71. The Kier molecular flexibility index (Phi) is 7.47. The Morgan fingerprint density at radius 2 is 1.32 bits per heavy atom. The number of hydrogen-bond acceptors (Lipinski definition) is 4. The van der Waals surface area contributed by atoms with Crippen LogP contribution in [0, 0.1) is 0 Å². The van der Waals surface area contributed by atoms with Gasteiger partial charge in [-0.05, 0) is 23.6 Å². The Bertz CT molecular complexity index is 952. The summed E-state index contributed by atoms with van der Waals surface area (Å²) in [5.74, 6) is 0. The molecular formula is C23H24F6N2O3. The van der Waals surface area contributed by atoms with Crippen molar-refractivity contribution in [1.82, 2.24) is 9.80 Å². The fraction of sp³-hybridized carbons (Fsp3) is 0.435. The Balaban J connectivity index is 1.66. The Hall–Kier alpha value is -2.79. The molecule has 2 aromatic rings. The van der Waals surface area contributed by atoms with Gasteiger partial charge in [-0.1, -0.05) is 48.5 Å². The van der Waals surface area contributed by atoms with Crippen molar-refractivity contribution in [2.24, 2.45) is 0 Å². The molecule has 11 heteroatoms. The molecule has 1 amide bonds. The maximum atomic E-state index is 13.0. The van der Waals surface area contributed by atoms with Crippen molar-refractivity contribution in [3.63, 3.8) is 0 Å². The zero-order valence-corrected chi connectivity index (χ0v) is 18.3. The molecule has 0 aliphatic carbocycles. The highest BCUT2D eigenvalue weighted by Crippen LogP contribution is 2.50. The molecule has 0 bridgehead atoms. The van der Waals surface area contributed by atoms with Gasteiger partial charge in [0.05, 0.1) is 6.61 Å². The molecule has 1 aliphatic rings. The van der Waals surface area contributed by atoms with Gasteiger partial charge in [0.2, 0.25) is 0 Å². The molecule has 0 unspecified atom stereocenters. The van der Waals surface area contributed by atoms with Gasteiger partial charge in [-0.3, -0.25) is 4.90 Å². The molecule has 5 nitrogen and oxygen atoms in total. The van der Waals surface area contributed by atoms with Crippen LogP contribution in [0.4, 0.5) is 31.1 Å². The number of nitrogens with zero attached hydrogens (tertiary/aromatic N) is 2. The maximum absolute atomic E-state index is 13.0. The van der Waals surface area contributed by atoms with Gasteiger partial charge in [0.15, 0.2) is 0 Å². The zero-order valence-electron chi connectivity index (χ0n) is 18.3. The van der Waals surface area contributed by atoms with Crippen molar-refractivity contribution < 1.29 is 41.0 Å². The number of halogens is 6. The minimum Gasteiger partial charge on any atom is -0.450 e. The van der Waals surface area contributed by atoms with Crippen LogP contribution in [0.15, 0.2) is 48.5 Å². The number of carbonyl (C=O) groups excluding carboxylic acids is 1. The van der Waals surface area contributed by atoms with E-state index in [9.17, 15) is 36.2 Å². The van der Waals surface area contributed by atoms with Crippen molar-refractivity contribution in [3.8, 4) is 11.1 Å². The maximum Gasteiger partial charge on any atom is 0.430 e. The molecule has 0 atom stereocenters. The Labute approximate surface area is 192 Å². The van der Waals surface area contributed by atoms with Crippen molar-refractivity contribution in [1.29, 1.82) is 0 Å². The largest absolute Gasteiger partial charge is 0.450 e. The minimum absolute atomic E-state index is 0.319. The van der Waals surface area contributed by atoms with E-state index in [0.717, 1.165) is 17.7 Å².